The van der Waals surface area contributed by atoms with Gasteiger partial charge in [0.15, 0.2) is 0 Å². The van der Waals surface area contributed by atoms with Gasteiger partial charge in [-0.1, -0.05) is 6.92 Å². The van der Waals surface area contributed by atoms with Gasteiger partial charge in [-0.2, -0.15) is 11.3 Å². The molecule has 0 bridgehead atoms. The van der Waals surface area contributed by atoms with Gasteiger partial charge in [-0.3, -0.25) is 4.79 Å². The maximum absolute atomic E-state index is 12.5. The van der Waals surface area contributed by atoms with Crippen LogP contribution in [-0.2, 0) is 6.54 Å². The lowest BCUT2D eigenvalue weighted by molar-refractivity contribution is 0.0785. The van der Waals surface area contributed by atoms with Crippen molar-refractivity contribution in [1.82, 2.24) is 4.90 Å². The maximum Gasteiger partial charge on any atom is 0.253 e. The molecule has 21 heavy (non-hydrogen) atoms. The van der Waals surface area contributed by atoms with Crippen molar-refractivity contribution in [2.45, 2.75) is 26.8 Å². The van der Waals surface area contributed by atoms with Crippen LogP contribution < -0.4 is 5.32 Å². The number of hydrogen-bond donors (Lipinski definition) is 1. The average molecular weight is 302 g/mol. The first kappa shape index (κ1) is 15.6. The second-order valence-electron chi connectivity index (χ2n) is 5.25. The summed E-state index contributed by atoms with van der Waals surface area (Å²) < 4.78 is 0. The first-order valence-electron chi connectivity index (χ1n) is 7.23. The molecule has 1 amide bonds. The highest BCUT2D eigenvalue weighted by molar-refractivity contribution is 7.07. The number of amides is 1. The topological polar surface area (TPSA) is 32.3 Å². The second-order valence-corrected chi connectivity index (χ2v) is 6.03. The lowest BCUT2D eigenvalue weighted by atomic mass is 10.1. The molecule has 0 saturated heterocycles. The Balaban J connectivity index is 2.06. The van der Waals surface area contributed by atoms with Crippen LogP contribution >= 0.6 is 11.3 Å². The van der Waals surface area contributed by atoms with Crippen LogP contribution in [0.2, 0.25) is 0 Å². The zero-order chi connectivity index (χ0) is 15.2. The van der Waals surface area contributed by atoms with Gasteiger partial charge in [-0.05, 0) is 59.5 Å². The van der Waals surface area contributed by atoms with Gasteiger partial charge in [-0.25, -0.2) is 0 Å². The van der Waals surface area contributed by atoms with Crippen molar-refractivity contribution in [3.8, 4) is 0 Å². The van der Waals surface area contributed by atoms with Crippen molar-refractivity contribution in [2.75, 3.05) is 18.9 Å². The van der Waals surface area contributed by atoms with Crippen LogP contribution in [0, 0.1) is 6.92 Å². The Morgan fingerprint density at radius 1 is 1.33 bits per heavy atom. The first-order valence-corrected chi connectivity index (χ1v) is 8.17. The number of hydrogen-bond acceptors (Lipinski definition) is 3. The summed E-state index contributed by atoms with van der Waals surface area (Å²) in [4.78, 5) is 14.2. The summed E-state index contributed by atoms with van der Waals surface area (Å²) in [6.45, 7) is 5.77. The molecule has 4 heteroatoms. The van der Waals surface area contributed by atoms with E-state index in [1.165, 1.54) is 5.56 Å². The van der Waals surface area contributed by atoms with Gasteiger partial charge in [0.25, 0.3) is 5.91 Å². The normalized spacial score (nSPS) is 10.4. The number of nitrogens with zero attached hydrogens (tertiary/aromatic N) is 1. The van der Waals surface area contributed by atoms with Crippen molar-refractivity contribution >= 4 is 22.9 Å². The van der Waals surface area contributed by atoms with Crippen LogP contribution in [0.4, 0.5) is 5.69 Å². The van der Waals surface area contributed by atoms with Crippen LogP contribution in [0.15, 0.2) is 35.0 Å². The highest BCUT2D eigenvalue weighted by atomic mass is 32.1. The molecule has 0 radical (unpaired) electrons. The molecule has 2 rings (SSSR count). The Morgan fingerprint density at radius 3 is 2.76 bits per heavy atom. The summed E-state index contributed by atoms with van der Waals surface area (Å²) in [6, 6.07) is 7.91. The predicted octanol–water partition coefficient (Wildman–Crippen LogP) is 4.15. The largest absolute Gasteiger partial charge is 0.385 e. The molecule has 0 aliphatic rings. The van der Waals surface area contributed by atoms with Crippen LogP contribution in [0.25, 0.3) is 0 Å². The van der Waals surface area contributed by atoms with Crippen molar-refractivity contribution in [3.63, 3.8) is 0 Å². The Kier molecular flexibility index (Phi) is 5.39. The first-order chi connectivity index (χ1) is 10.1. The standard InChI is InChI=1S/C17H22N2OS/c1-4-8-18-16-6-5-15(10-13(16)2)17(20)19(3)11-14-7-9-21-12-14/h5-7,9-10,12,18H,4,8,11H2,1-3H3. The molecule has 1 heterocycles. The monoisotopic (exact) mass is 302 g/mol. The van der Waals surface area contributed by atoms with Gasteiger partial charge in [0.05, 0.1) is 0 Å². The Morgan fingerprint density at radius 2 is 2.14 bits per heavy atom. The molecule has 0 fully saturated rings. The van der Waals surface area contributed by atoms with Gasteiger partial charge in [0.1, 0.15) is 0 Å². The molecule has 112 valence electrons. The zero-order valence-corrected chi connectivity index (χ0v) is 13.7. The smallest absolute Gasteiger partial charge is 0.253 e. The number of carbonyl (C=O) groups excluding carboxylic acids is 1. The maximum atomic E-state index is 12.5. The van der Waals surface area contributed by atoms with E-state index < -0.39 is 0 Å². The summed E-state index contributed by atoms with van der Waals surface area (Å²) >= 11 is 1.65. The van der Waals surface area contributed by atoms with E-state index >= 15 is 0 Å². The molecule has 1 N–H and O–H groups in total. The average Bonchev–Trinajstić information content (AvgIpc) is 2.98. The summed E-state index contributed by atoms with van der Waals surface area (Å²) in [7, 11) is 1.85. The van der Waals surface area contributed by atoms with Gasteiger partial charge >= 0.3 is 0 Å². The molecule has 1 aromatic heterocycles. The molecule has 3 nitrogen and oxygen atoms in total. The molecule has 1 aromatic carbocycles. The molecule has 0 spiro atoms. The zero-order valence-electron chi connectivity index (χ0n) is 12.8. The molecular weight excluding hydrogens is 280 g/mol. The fourth-order valence-electron chi connectivity index (χ4n) is 2.20. The number of thiophene rings is 1. The van der Waals surface area contributed by atoms with Gasteiger partial charge in [-0.15, -0.1) is 0 Å². The van der Waals surface area contributed by atoms with E-state index in [4.69, 9.17) is 0 Å². The van der Waals surface area contributed by atoms with Crippen LogP contribution in [-0.4, -0.2) is 24.4 Å². The van der Waals surface area contributed by atoms with E-state index in [9.17, 15) is 4.79 Å². The number of aryl methyl sites for hydroxylation is 1. The minimum atomic E-state index is 0.0614. The van der Waals surface area contributed by atoms with E-state index in [-0.39, 0.29) is 5.91 Å². The summed E-state index contributed by atoms with van der Waals surface area (Å²) in [5.74, 6) is 0.0614. The van der Waals surface area contributed by atoms with Gasteiger partial charge in [0.2, 0.25) is 0 Å². The molecule has 0 atom stereocenters. The predicted molar refractivity (Wildman–Crippen MR) is 90.1 cm³/mol. The Hall–Kier alpha value is -1.81. The van der Waals surface area contributed by atoms with Gasteiger partial charge < -0.3 is 10.2 Å². The third-order valence-corrected chi connectivity index (χ3v) is 4.12. The minimum Gasteiger partial charge on any atom is -0.385 e. The summed E-state index contributed by atoms with van der Waals surface area (Å²) in [5, 5.41) is 7.48. The Labute approximate surface area is 130 Å². The van der Waals surface area contributed by atoms with Crippen LogP contribution in [0.3, 0.4) is 0 Å². The molecule has 0 saturated carbocycles. The van der Waals surface area contributed by atoms with Crippen molar-refractivity contribution < 1.29 is 4.79 Å². The minimum absolute atomic E-state index is 0.0614. The van der Waals surface area contributed by atoms with Crippen molar-refractivity contribution in [1.29, 1.82) is 0 Å². The highest BCUT2D eigenvalue weighted by Gasteiger charge is 2.13. The summed E-state index contributed by atoms with van der Waals surface area (Å²) in [5.41, 5.74) is 4.13. The van der Waals surface area contributed by atoms with Crippen molar-refractivity contribution in [3.05, 3.63) is 51.7 Å². The van der Waals surface area contributed by atoms with E-state index in [1.807, 2.05) is 37.6 Å². The highest BCUT2D eigenvalue weighted by Crippen LogP contribution is 2.18. The van der Waals surface area contributed by atoms with Crippen molar-refractivity contribution in [2.24, 2.45) is 0 Å². The van der Waals surface area contributed by atoms with E-state index in [0.29, 0.717) is 6.54 Å². The third-order valence-electron chi connectivity index (χ3n) is 3.39. The lowest BCUT2D eigenvalue weighted by Crippen LogP contribution is -2.26. The number of nitrogens with one attached hydrogen (secondary N) is 1. The van der Waals surface area contributed by atoms with E-state index in [2.05, 4.69) is 23.7 Å². The molecule has 2 aromatic rings. The fourth-order valence-corrected chi connectivity index (χ4v) is 2.86. The molecular formula is C17H22N2OS. The quantitative estimate of drug-likeness (QED) is 0.869. The second kappa shape index (κ2) is 7.27. The number of rotatable bonds is 6. The van der Waals surface area contributed by atoms with Gasteiger partial charge in [0, 0.05) is 31.4 Å². The molecule has 0 aliphatic carbocycles. The fraction of sp³-hybridized carbons (Fsp3) is 0.353. The van der Waals surface area contributed by atoms with Crippen LogP contribution in [0.5, 0.6) is 0 Å². The lowest BCUT2D eigenvalue weighted by Gasteiger charge is -2.17. The number of anilines is 1. The summed E-state index contributed by atoms with van der Waals surface area (Å²) in [6.07, 6.45) is 1.09. The Bertz CT molecular complexity index is 593. The SMILES string of the molecule is CCCNc1ccc(C(=O)N(C)Cc2ccsc2)cc1C. The third kappa shape index (κ3) is 4.08. The van der Waals surface area contributed by atoms with E-state index in [0.717, 1.165) is 29.8 Å². The molecule has 0 unspecified atom stereocenters. The number of carbonyl (C=O) groups is 1. The van der Waals surface area contributed by atoms with Crippen LogP contribution in [0.1, 0.15) is 34.8 Å². The molecule has 0 aliphatic heterocycles. The number of benzene rings is 1. The van der Waals surface area contributed by atoms with E-state index in [1.54, 1.807) is 16.2 Å².